The minimum atomic E-state index is -2.93. The first-order valence-electron chi connectivity index (χ1n) is 6.06. The molecule has 2 aromatic rings. The van der Waals surface area contributed by atoms with Crippen molar-refractivity contribution in [3.8, 4) is 11.5 Å². The number of benzene rings is 2. The normalized spacial score (nSPS) is 10.4. The highest BCUT2D eigenvalue weighted by Crippen LogP contribution is 2.24. The third-order valence-corrected chi connectivity index (χ3v) is 2.69. The average molecular weight is 294 g/mol. The van der Waals surface area contributed by atoms with Crippen LogP contribution in [0.1, 0.15) is 15.9 Å². The minimum Gasteiger partial charge on any atom is -0.488 e. The molecule has 0 aromatic heterocycles. The number of ether oxygens (including phenoxy) is 2. The van der Waals surface area contributed by atoms with E-state index in [9.17, 15) is 13.6 Å². The van der Waals surface area contributed by atoms with Crippen LogP contribution in [0.15, 0.2) is 48.5 Å². The molecule has 0 fully saturated rings. The largest absolute Gasteiger partial charge is 0.488 e. The van der Waals surface area contributed by atoms with Crippen LogP contribution >= 0.6 is 0 Å². The molecule has 0 spiro atoms. The highest BCUT2D eigenvalue weighted by Gasteiger charge is 2.13. The van der Waals surface area contributed by atoms with E-state index in [1.807, 2.05) is 0 Å². The summed E-state index contributed by atoms with van der Waals surface area (Å²) in [5, 5.41) is 9.03. The summed E-state index contributed by atoms with van der Waals surface area (Å²) in [5.74, 6) is -0.958. The van der Waals surface area contributed by atoms with Crippen molar-refractivity contribution in [2.24, 2.45) is 0 Å². The molecule has 4 nitrogen and oxygen atoms in total. The average Bonchev–Trinajstić information content (AvgIpc) is 2.46. The highest BCUT2D eigenvalue weighted by atomic mass is 19.3. The third-order valence-electron chi connectivity index (χ3n) is 2.69. The summed E-state index contributed by atoms with van der Waals surface area (Å²) in [4.78, 5) is 11.0. The van der Waals surface area contributed by atoms with E-state index < -0.39 is 12.6 Å². The number of rotatable bonds is 6. The Balaban J connectivity index is 2.15. The molecule has 0 radical (unpaired) electrons. The zero-order valence-electron chi connectivity index (χ0n) is 10.8. The minimum absolute atomic E-state index is 0.000283. The predicted molar refractivity (Wildman–Crippen MR) is 70.8 cm³/mol. The van der Waals surface area contributed by atoms with Gasteiger partial charge in [0.05, 0.1) is 0 Å². The van der Waals surface area contributed by atoms with Crippen LogP contribution in [0.5, 0.6) is 11.5 Å². The lowest BCUT2D eigenvalue weighted by Gasteiger charge is -2.12. The summed E-state index contributed by atoms with van der Waals surface area (Å²) in [5.41, 5.74) is 0.405. The molecule has 0 bridgehead atoms. The Morgan fingerprint density at radius 2 is 1.67 bits per heavy atom. The fraction of sp³-hybridized carbons (Fsp3) is 0.133. The molecule has 0 heterocycles. The second kappa shape index (κ2) is 6.69. The summed E-state index contributed by atoms with van der Waals surface area (Å²) in [6.45, 7) is -3.01. The molecule has 110 valence electrons. The Labute approximate surface area is 119 Å². The zero-order valence-corrected chi connectivity index (χ0v) is 10.8. The van der Waals surface area contributed by atoms with Crippen LogP contribution in [-0.2, 0) is 6.61 Å². The quantitative estimate of drug-likeness (QED) is 0.885. The van der Waals surface area contributed by atoms with E-state index in [1.165, 1.54) is 18.2 Å². The number of carboxylic acid groups (broad SMARTS) is 1. The number of halogens is 2. The molecule has 0 amide bonds. The van der Waals surface area contributed by atoms with Gasteiger partial charge in [-0.05, 0) is 18.2 Å². The van der Waals surface area contributed by atoms with Gasteiger partial charge in [0.2, 0.25) is 0 Å². The van der Waals surface area contributed by atoms with Crippen molar-refractivity contribution in [3.63, 3.8) is 0 Å². The van der Waals surface area contributed by atoms with Crippen LogP contribution < -0.4 is 9.47 Å². The van der Waals surface area contributed by atoms with E-state index in [1.54, 1.807) is 30.3 Å². The first-order valence-corrected chi connectivity index (χ1v) is 6.06. The Bertz CT molecular complexity index is 629. The van der Waals surface area contributed by atoms with Crippen molar-refractivity contribution in [2.45, 2.75) is 13.2 Å². The van der Waals surface area contributed by atoms with E-state index in [0.717, 1.165) is 0 Å². The van der Waals surface area contributed by atoms with Crippen LogP contribution in [0.2, 0.25) is 0 Å². The van der Waals surface area contributed by atoms with Crippen LogP contribution in [0.3, 0.4) is 0 Å². The number of aromatic carboxylic acids is 1. The van der Waals surface area contributed by atoms with E-state index in [4.69, 9.17) is 9.84 Å². The lowest BCUT2D eigenvalue weighted by Crippen LogP contribution is -2.07. The monoisotopic (exact) mass is 294 g/mol. The van der Waals surface area contributed by atoms with Crippen molar-refractivity contribution in [1.82, 2.24) is 0 Å². The smallest absolute Gasteiger partial charge is 0.387 e. The molecular formula is C15H12F2O4. The fourth-order valence-electron chi connectivity index (χ4n) is 1.76. The third kappa shape index (κ3) is 3.92. The molecule has 6 heteroatoms. The van der Waals surface area contributed by atoms with Gasteiger partial charge < -0.3 is 14.6 Å². The van der Waals surface area contributed by atoms with Gasteiger partial charge in [0.15, 0.2) is 0 Å². The van der Waals surface area contributed by atoms with Crippen LogP contribution in [0.4, 0.5) is 8.78 Å². The van der Waals surface area contributed by atoms with Crippen molar-refractivity contribution in [1.29, 1.82) is 0 Å². The van der Waals surface area contributed by atoms with Crippen LogP contribution in [-0.4, -0.2) is 17.7 Å². The number of hydrogen-bond acceptors (Lipinski definition) is 3. The van der Waals surface area contributed by atoms with E-state index in [0.29, 0.717) is 5.56 Å². The molecule has 1 N–H and O–H groups in total. The number of para-hydroxylation sites is 2. The maximum Gasteiger partial charge on any atom is 0.387 e. The number of hydrogen-bond donors (Lipinski definition) is 1. The van der Waals surface area contributed by atoms with Gasteiger partial charge in [-0.2, -0.15) is 8.78 Å². The Morgan fingerprint density at radius 1 is 1.05 bits per heavy atom. The van der Waals surface area contributed by atoms with Crippen molar-refractivity contribution in [2.75, 3.05) is 0 Å². The topological polar surface area (TPSA) is 55.8 Å². The molecule has 0 aliphatic heterocycles. The Kier molecular flexibility index (Phi) is 4.71. The lowest BCUT2D eigenvalue weighted by molar-refractivity contribution is -0.0508. The fourth-order valence-corrected chi connectivity index (χ4v) is 1.76. The predicted octanol–water partition coefficient (Wildman–Crippen LogP) is 3.57. The summed E-state index contributed by atoms with van der Waals surface area (Å²) in [6.07, 6.45) is 0. The maximum absolute atomic E-state index is 12.3. The lowest BCUT2D eigenvalue weighted by atomic mass is 10.2. The Hall–Kier alpha value is -2.63. The van der Waals surface area contributed by atoms with Crippen molar-refractivity contribution >= 4 is 5.97 Å². The van der Waals surface area contributed by atoms with Gasteiger partial charge in [-0.3, -0.25) is 0 Å². The summed E-state index contributed by atoms with van der Waals surface area (Å²) in [7, 11) is 0. The Morgan fingerprint density at radius 3 is 2.33 bits per heavy atom. The summed E-state index contributed by atoms with van der Waals surface area (Å²) >= 11 is 0. The van der Waals surface area contributed by atoms with E-state index >= 15 is 0 Å². The van der Waals surface area contributed by atoms with Gasteiger partial charge in [-0.15, -0.1) is 0 Å². The molecule has 21 heavy (non-hydrogen) atoms. The van der Waals surface area contributed by atoms with E-state index in [-0.39, 0.29) is 23.7 Å². The van der Waals surface area contributed by atoms with Crippen molar-refractivity contribution in [3.05, 3.63) is 59.7 Å². The molecule has 2 aromatic carbocycles. The summed E-state index contributed by atoms with van der Waals surface area (Å²) < 4.78 is 34.4. The zero-order chi connectivity index (χ0) is 15.2. The summed E-state index contributed by atoms with van der Waals surface area (Å²) in [6, 6.07) is 12.3. The standard InChI is InChI=1S/C15H12F2O4/c16-15(17)21-12-7-3-1-5-10(12)9-20-13-8-4-2-6-11(13)14(18)19/h1-8,15H,9H2,(H,18,19). The molecule has 0 aliphatic rings. The molecule has 0 aliphatic carbocycles. The second-order valence-corrected chi connectivity index (χ2v) is 4.08. The number of alkyl halides is 2. The van der Waals surface area contributed by atoms with Gasteiger partial charge in [0.1, 0.15) is 23.7 Å². The first kappa shape index (κ1) is 14.8. The van der Waals surface area contributed by atoms with Crippen LogP contribution in [0.25, 0.3) is 0 Å². The molecular weight excluding hydrogens is 282 g/mol. The van der Waals surface area contributed by atoms with Crippen LogP contribution in [0, 0.1) is 0 Å². The van der Waals surface area contributed by atoms with Crippen molar-refractivity contribution < 1.29 is 28.2 Å². The highest BCUT2D eigenvalue weighted by molar-refractivity contribution is 5.90. The molecule has 2 rings (SSSR count). The van der Waals surface area contributed by atoms with Gasteiger partial charge in [0, 0.05) is 5.56 Å². The maximum atomic E-state index is 12.3. The number of carbonyl (C=O) groups is 1. The second-order valence-electron chi connectivity index (χ2n) is 4.08. The number of carboxylic acids is 1. The van der Waals surface area contributed by atoms with Gasteiger partial charge in [-0.1, -0.05) is 30.3 Å². The molecule has 0 saturated carbocycles. The molecule has 0 atom stereocenters. The first-order chi connectivity index (χ1) is 10.1. The molecule has 0 saturated heterocycles. The van der Waals surface area contributed by atoms with Gasteiger partial charge >= 0.3 is 12.6 Å². The van der Waals surface area contributed by atoms with Gasteiger partial charge in [-0.25, -0.2) is 4.79 Å². The molecule has 0 unspecified atom stereocenters. The van der Waals surface area contributed by atoms with E-state index in [2.05, 4.69) is 4.74 Å². The van der Waals surface area contributed by atoms with Gasteiger partial charge in [0.25, 0.3) is 0 Å². The SMILES string of the molecule is O=C(O)c1ccccc1OCc1ccccc1OC(F)F.